The van der Waals surface area contributed by atoms with Gasteiger partial charge in [-0.05, 0) is 19.3 Å². The second-order valence-electron chi connectivity index (χ2n) is 13.4. The summed E-state index contributed by atoms with van der Waals surface area (Å²) in [5.74, 6) is -0.230. The van der Waals surface area contributed by atoms with E-state index in [2.05, 4.69) is 12.2 Å². The van der Waals surface area contributed by atoms with Gasteiger partial charge < -0.3 is 40.3 Å². The molecule has 1 fully saturated rings. The van der Waals surface area contributed by atoms with Gasteiger partial charge in [0, 0.05) is 6.42 Å². The summed E-state index contributed by atoms with van der Waals surface area (Å²) in [5, 5.41) is 53.1. The molecule has 0 aromatic heterocycles. The molecule has 1 saturated heterocycles. The second-order valence-corrected chi connectivity index (χ2v) is 13.4. The van der Waals surface area contributed by atoms with Crippen molar-refractivity contribution in [3.05, 3.63) is 12.2 Å². The highest BCUT2D eigenvalue weighted by Crippen LogP contribution is 2.22. The molecule has 0 aromatic rings. The van der Waals surface area contributed by atoms with Crippen molar-refractivity contribution in [2.24, 2.45) is 0 Å². The first-order valence-corrected chi connectivity index (χ1v) is 18.9. The highest BCUT2D eigenvalue weighted by molar-refractivity contribution is 5.76. The van der Waals surface area contributed by atoms with Crippen LogP contribution in [0.5, 0.6) is 0 Å². The molecular weight excluding hydrogens is 586 g/mol. The lowest BCUT2D eigenvalue weighted by atomic mass is 9.99. The van der Waals surface area contributed by atoms with Gasteiger partial charge in [0.15, 0.2) is 6.29 Å². The maximum absolute atomic E-state index is 12.2. The smallest absolute Gasteiger partial charge is 0.220 e. The first-order valence-electron chi connectivity index (χ1n) is 18.9. The third-order valence-corrected chi connectivity index (χ3v) is 9.08. The van der Waals surface area contributed by atoms with Crippen LogP contribution in [0, 0.1) is 0 Å². The molecule has 6 N–H and O–H groups in total. The molecule has 1 heterocycles. The molecule has 9 heteroatoms. The molecule has 1 amide bonds. The number of allylic oxidation sites excluding steroid dienone is 1. The molecule has 0 saturated carbocycles. The van der Waals surface area contributed by atoms with E-state index < -0.39 is 49.5 Å². The summed E-state index contributed by atoms with van der Waals surface area (Å²) in [6.07, 6.45) is 24.3. The van der Waals surface area contributed by atoms with Gasteiger partial charge in [-0.2, -0.15) is 0 Å². The molecule has 7 atom stereocenters. The number of carbonyl (C=O) groups is 1. The van der Waals surface area contributed by atoms with Crippen molar-refractivity contribution >= 4 is 5.91 Å². The average molecular weight is 658 g/mol. The van der Waals surface area contributed by atoms with Crippen LogP contribution in [-0.2, 0) is 14.3 Å². The quantitative estimate of drug-likeness (QED) is 0.0394. The highest BCUT2D eigenvalue weighted by atomic mass is 16.7. The third kappa shape index (κ3) is 20.3. The zero-order valence-electron chi connectivity index (χ0n) is 29.3. The van der Waals surface area contributed by atoms with Crippen LogP contribution in [0.25, 0.3) is 0 Å². The number of carbonyl (C=O) groups excluding carboxylic acids is 1. The Hall–Kier alpha value is -1.07. The topological polar surface area (TPSA) is 149 Å². The van der Waals surface area contributed by atoms with Gasteiger partial charge in [-0.1, -0.05) is 148 Å². The fourth-order valence-corrected chi connectivity index (χ4v) is 6.02. The number of amides is 1. The van der Waals surface area contributed by atoms with Gasteiger partial charge in [0.05, 0.1) is 25.4 Å². The van der Waals surface area contributed by atoms with E-state index in [0.717, 1.165) is 19.3 Å². The molecule has 1 rings (SSSR count). The fourth-order valence-electron chi connectivity index (χ4n) is 6.02. The summed E-state index contributed by atoms with van der Waals surface area (Å²) in [6.45, 7) is 3.41. The maximum atomic E-state index is 12.2. The van der Waals surface area contributed by atoms with Gasteiger partial charge in [0.25, 0.3) is 0 Å². The monoisotopic (exact) mass is 658 g/mol. The molecule has 0 aromatic carbocycles. The first-order chi connectivity index (χ1) is 22.3. The molecular formula is C37H71NO8. The zero-order chi connectivity index (χ0) is 33.8. The Labute approximate surface area is 280 Å². The number of unbranched alkanes of at least 4 members (excludes halogenated alkanes) is 20. The minimum Gasteiger partial charge on any atom is -0.394 e. The number of aliphatic hydroxyl groups is 5. The van der Waals surface area contributed by atoms with Gasteiger partial charge in [-0.3, -0.25) is 4.79 Å². The van der Waals surface area contributed by atoms with E-state index in [9.17, 15) is 30.3 Å². The molecule has 9 nitrogen and oxygen atoms in total. The summed E-state index contributed by atoms with van der Waals surface area (Å²) < 4.78 is 11.0. The van der Waals surface area contributed by atoms with Crippen molar-refractivity contribution in [2.45, 2.75) is 204 Å². The van der Waals surface area contributed by atoms with Gasteiger partial charge in [0.1, 0.15) is 24.4 Å². The van der Waals surface area contributed by atoms with E-state index >= 15 is 0 Å². The Morgan fingerprint density at radius 1 is 0.717 bits per heavy atom. The number of aliphatic hydroxyl groups excluding tert-OH is 5. The van der Waals surface area contributed by atoms with Crippen molar-refractivity contribution in [3.8, 4) is 0 Å². The van der Waals surface area contributed by atoms with E-state index in [1.54, 1.807) is 6.08 Å². The number of rotatable bonds is 30. The standard InChI is InChI=1S/C37H71NO8/c1-3-5-6-7-8-9-10-11-12-13-14-15-16-17-18-19-20-21-22-23-24-25-27-31(40)30(38-33(41)26-4-2)29-45-37-36(44)35(43)34(42)32(28-39)46-37/h25,27,30-32,34-37,39-40,42-44H,3-24,26,28-29H2,1-2H3,(H,38,41)/b27-25+. The maximum Gasteiger partial charge on any atom is 0.220 e. The van der Waals surface area contributed by atoms with Crippen LogP contribution in [0.15, 0.2) is 12.2 Å². The Kier molecular flexibility index (Phi) is 27.0. The summed E-state index contributed by atoms with van der Waals surface area (Å²) in [4.78, 5) is 12.2. The molecule has 0 bridgehead atoms. The van der Waals surface area contributed by atoms with Crippen LogP contribution < -0.4 is 5.32 Å². The van der Waals surface area contributed by atoms with E-state index in [1.807, 2.05) is 13.0 Å². The largest absolute Gasteiger partial charge is 0.394 e. The van der Waals surface area contributed by atoms with Crippen molar-refractivity contribution < 1.29 is 39.8 Å². The van der Waals surface area contributed by atoms with E-state index in [0.29, 0.717) is 12.8 Å². The SMILES string of the molecule is CCCCCCCCCCCCCCCCCCCCCC/C=C/C(O)C(COC1OC(CO)C(O)C(O)C1O)NC(=O)CCC. The summed E-state index contributed by atoms with van der Waals surface area (Å²) in [5.41, 5.74) is 0. The predicted molar refractivity (Wildman–Crippen MR) is 184 cm³/mol. The minimum atomic E-state index is -1.56. The minimum absolute atomic E-state index is 0.192. The van der Waals surface area contributed by atoms with Crippen molar-refractivity contribution in [2.75, 3.05) is 13.2 Å². The predicted octanol–water partition coefficient (Wildman–Crippen LogP) is 6.22. The first kappa shape index (κ1) is 43.0. The van der Waals surface area contributed by atoms with E-state index in [-0.39, 0.29) is 12.5 Å². The number of hydrogen-bond acceptors (Lipinski definition) is 8. The highest BCUT2D eigenvalue weighted by Gasteiger charge is 2.44. The number of ether oxygens (including phenoxy) is 2. The van der Waals surface area contributed by atoms with Crippen LogP contribution >= 0.6 is 0 Å². The molecule has 46 heavy (non-hydrogen) atoms. The van der Waals surface area contributed by atoms with Gasteiger partial charge in [-0.15, -0.1) is 0 Å². The van der Waals surface area contributed by atoms with Crippen molar-refractivity contribution in [1.82, 2.24) is 5.32 Å². The van der Waals surface area contributed by atoms with E-state index in [1.165, 1.54) is 116 Å². The van der Waals surface area contributed by atoms with Crippen molar-refractivity contribution in [1.29, 1.82) is 0 Å². The molecule has 1 aliphatic rings. The average Bonchev–Trinajstić information content (AvgIpc) is 3.05. The Balaban J connectivity index is 2.13. The molecule has 0 radical (unpaired) electrons. The molecule has 272 valence electrons. The normalized spacial score (nSPS) is 23.2. The Morgan fingerprint density at radius 2 is 1.20 bits per heavy atom. The fraction of sp³-hybridized carbons (Fsp3) is 0.919. The van der Waals surface area contributed by atoms with E-state index in [4.69, 9.17) is 9.47 Å². The lowest BCUT2D eigenvalue weighted by molar-refractivity contribution is -0.302. The molecule has 1 aliphatic heterocycles. The Bertz CT molecular complexity index is 736. The summed E-state index contributed by atoms with van der Waals surface area (Å²) in [7, 11) is 0. The summed E-state index contributed by atoms with van der Waals surface area (Å²) >= 11 is 0. The second kappa shape index (κ2) is 28.9. The van der Waals surface area contributed by atoms with Crippen LogP contribution in [-0.4, -0.2) is 87.5 Å². The zero-order valence-corrected chi connectivity index (χ0v) is 29.3. The summed E-state index contributed by atoms with van der Waals surface area (Å²) in [6, 6.07) is -0.794. The molecule has 0 spiro atoms. The Morgan fingerprint density at radius 3 is 1.65 bits per heavy atom. The van der Waals surface area contributed by atoms with Crippen LogP contribution in [0.2, 0.25) is 0 Å². The molecule has 0 aliphatic carbocycles. The van der Waals surface area contributed by atoms with Gasteiger partial charge in [-0.25, -0.2) is 0 Å². The third-order valence-electron chi connectivity index (χ3n) is 9.08. The lowest BCUT2D eigenvalue weighted by Gasteiger charge is -2.40. The number of hydrogen-bond donors (Lipinski definition) is 6. The van der Waals surface area contributed by atoms with Crippen LogP contribution in [0.1, 0.15) is 162 Å². The van der Waals surface area contributed by atoms with Gasteiger partial charge in [0.2, 0.25) is 5.91 Å². The number of nitrogens with one attached hydrogen (secondary N) is 1. The van der Waals surface area contributed by atoms with Crippen LogP contribution in [0.4, 0.5) is 0 Å². The lowest BCUT2D eigenvalue weighted by Crippen LogP contribution is -2.60. The van der Waals surface area contributed by atoms with Gasteiger partial charge >= 0.3 is 0 Å². The van der Waals surface area contributed by atoms with Crippen LogP contribution in [0.3, 0.4) is 0 Å². The molecule has 7 unspecified atom stereocenters. The van der Waals surface area contributed by atoms with Crippen molar-refractivity contribution in [3.63, 3.8) is 0 Å².